The zero-order valence-electron chi connectivity index (χ0n) is 13.9. The Hall–Kier alpha value is -2.05. The Balaban J connectivity index is 1.43. The average molecular weight is 372 g/mol. The van der Waals surface area contributed by atoms with E-state index in [4.69, 9.17) is 25.8 Å². The fraction of sp³-hybridized carbons (Fsp3) is 0.300. The molecule has 4 atom stereocenters. The summed E-state index contributed by atoms with van der Waals surface area (Å²) in [5, 5.41) is 11.5. The number of H-pyrrole nitrogens is 1. The Morgan fingerprint density at radius 1 is 1.04 bits per heavy atom. The van der Waals surface area contributed by atoms with Crippen LogP contribution in [0, 0.1) is 0 Å². The molecule has 1 aromatic heterocycles. The molecule has 0 aliphatic carbocycles. The van der Waals surface area contributed by atoms with E-state index < -0.39 is 6.10 Å². The number of aromatic nitrogens is 1. The number of benzene rings is 2. The normalized spacial score (nSPS) is 27.8. The summed E-state index contributed by atoms with van der Waals surface area (Å²) < 4.78 is 17.3. The predicted molar refractivity (Wildman–Crippen MR) is 98.6 cm³/mol. The second-order valence-corrected chi connectivity index (χ2v) is 7.15. The van der Waals surface area contributed by atoms with Gasteiger partial charge in [-0.15, -0.1) is 0 Å². The van der Waals surface area contributed by atoms with Crippen molar-refractivity contribution in [3.63, 3.8) is 0 Å². The van der Waals surface area contributed by atoms with Crippen molar-refractivity contribution in [1.29, 1.82) is 0 Å². The van der Waals surface area contributed by atoms with Gasteiger partial charge in [-0.2, -0.15) is 0 Å². The maximum absolute atomic E-state index is 9.84. The number of hydrogen-bond acceptors (Lipinski definition) is 4. The predicted octanol–water partition coefficient (Wildman–Crippen LogP) is 3.39. The van der Waals surface area contributed by atoms with Gasteiger partial charge in [0.25, 0.3) is 0 Å². The largest absolute Gasteiger partial charge is 0.470 e. The first-order valence-electron chi connectivity index (χ1n) is 8.64. The van der Waals surface area contributed by atoms with E-state index >= 15 is 0 Å². The monoisotopic (exact) mass is 371 g/mol. The van der Waals surface area contributed by atoms with Crippen LogP contribution in [0.3, 0.4) is 0 Å². The van der Waals surface area contributed by atoms with Crippen LogP contribution in [-0.2, 0) is 9.47 Å². The fourth-order valence-corrected chi connectivity index (χ4v) is 4.01. The van der Waals surface area contributed by atoms with Gasteiger partial charge in [-0.05, 0) is 17.7 Å². The summed E-state index contributed by atoms with van der Waals surface area (Å²) in [4.78, 5) is 3.25. The molecule has 5 rings (SSSR count). The molecular formula is C20H18ClNO4. The van der Waals surface area contributed by atoms with Crippen LogP contribution in [-0.4, -0.2) is 47.7 Å². The molecule has 2 aliphatic rings. The number of aliphatic hydroxyl groups excluding tert-OH is 1. The van der Waals surface area contributed by atoms with E-state index in [9.17, 15) is 5.11 Å². The van der Waals surface area contributed by atoms with Crippen LogP contribution in [0.4, 0.5) is 0 Å². The van der Waals surface area contributed by atoms with Gasteiger partial charge >= 0.3 is 0 Å². The van der Waals surface area contributed by atoms with Gasteiger partial charge in [0.05, 0.1) is 18.2 Å². The molecule has 2 fully saturated rings. The molecule has 0 amide bonds. The molecule has 0 bridgehead atoms. The van der Waals surface area contributed by atoms with E-state index in [0.717, 1.165) is 22.0 Å². The summed E-state index contributed by atoms with van der Waals surface area (Å²) in [5.74, 6) is 0.639. The third-order valence-corrected chi connectivity index (χ3v) is 5.34. The number of ether oxygens (including phenoxy) is 3. The standard InChI is InChI=1S/C20H18ClNO4/c21-14-8-15-12(6-13(14)11-4-2-1-3-5-11)7-18(22-15)26-17-10-25-19-16(23)9-24-20(17)19/h1-8,16-17,19-20,22-23H,9-10H2/t16-,17-,19-,20-/m1/s1. The van der Waals surface area contributed by atoms with E-state index in [0.29, 0.717) is 17.5 Å². The lowest BCUT2D eigenvalue weighted by atomic mass is 10.0. The second kappa shape index (κ2) is 6.28. The SMILES string of the molecule is O[C@@H]1CO[C@H]2[C@@H]1OC[C@H]2Oc1cc2cc(-c3ccccc3)c(Cl)cc2[nH]1. The minimum Gasteiger partial charge on any atom is -0.470 e. The highest BCUT2D eigenvalue weighted by Gasteiger charge is 2.48. The van der Waals surface area contributed by atoms with Gasteiger partial charge in [0.2, 0.25) is 0 Å². The Labute approximate surface area is 155 Å². The lowest BCUT2D eigenvalue weighted by molar-refractivity contribution is 0.00794. The molecule has 3 heterocycles. The van der Waals surface area contributed by atoms with E-state index in [-0.39, 0.29) is 24.9 Å². The van der Waals surface area contributed by atoms with Crippen molar-refractivity contribution >= 4 is 22.5 Å². The summed E-state index contributed by atoms with van der Waals surface area (Å²) in [5.41, 5.74) is 2.97. The van der Waals surface area contributed by atoms with Crippen LogP contribution in [0.5, 0.6) is 5.88 Å². The van der Waals surface area contributed by atoms with E-state index in [1.165, 1.54) is 0 Å². The van der Waals surface area contributed by atoms with Crippen molar-refractivity contribution in [3.8, 4) is 17.0 Å². The second-order valence-electron chi connectivity index (χ2n) is 6.74. The van der Waals surface area contributed by atoms with E-state index in [1.807, 2.05) is 42.5 Å². The molecule has 5 nitrogen and oxygen atoms in total. The minimum atomic E-state index is -0.580. The molecule has 2 saturated heterocycles. The maximum Gasteiger partial charge on any atom is 0.192 e. The molecule has 0 saturated carbocycles. The molecule has 26 heavy (non-hydrogen) atoms. The van der Waals surface area contributed by atoms with Crippen molar-refractivity contribution in [2.24, 2.45) is 0 Å². The molecule has 134 valence electrons. The summed E-state index contributed by atoms with van der Waals surface area (Å²) in [6.45, 7) is 0.690. The molecule has 2 N–H and O–H groups in total. The highest BCUT2D eigenvalue weighted by atomic mass is 35.5. The molecule has 2 aliphatic heterocycles. The number of nitrogens with one attached hydrogen (secondary N) is 1. The van der Waals surface area contributed by atoms with Crippen molar-refractivity contribution < 1.29 is 19.3 Å². The smallest absolute Gasteiger partial charge is 0.192 e. The van der Waals surface area contributed by atoms with Crippen molar-refractivity contribution in [2.75, 3.05) is 13.2 Å². The van der Waals surface area contributed by atoms with Gasteiger partial charge in [-0.3, -0.25) is 0 Å². The van der Waals surface area contributed by atoms with Crippen LogP contribution in [0.1, 0.15) is 0 Å². The van der Waals surface area contributed by atoms with Crippen LogP contribution in [0.25, 0.3) is 22.0 Å². The summed E-state index contributed by atoms with van der Waals surface area (Å²) in [6, 6.07) is 16.0. The first-order chi connectivity index (χ1) is 12.7. The molecule has 6 heteroatoms. The highest BCUT2D eigenvalue weighted by molar-refractivity contribution is 6.34. The summed E-state index contributed by atoms with van der Waals surface area (Å²) >= 11 is 6.48. The Kier molecular flexibility index (Phi) is 3.90. The Morgan fingerprint density at radius 3 is 2.69 bits per heavy atom. The maximum atomic E-state index is 9.84. The highest BCUT2D eigenvalue weighted by Crippen LogP contribution is 2.35. The van der Waals surface area contributed by atoms with Crippen LogP contribution in [0.2, 0.25) is 5.02 Å². The Bertz CT molecular complexity index is 942. The van der Waals surface area contributed by atoms with E-state index in [2.05, 4.69) is 11.1 Å². The summed E-state index contributed by atoms with van der Waals surface area (Å²) in [6.07, 6.45) is -1.36. The van der Waals surface area contributed by atoms with Crippen LogP contribution >= 0.6 is 11.6 Å². The molecule has 2 aromatic carbocycles. The van der Waals surface area contributed by atoms with Gasteiger partial charge in [0, 0.05) is 22.5 Å². The number of aromatic amines is 1. The minimum absolute atomic E-state index is 0.236. The lowest BCUT2D eigenvalue weighted by Crippen LogP contribution is -2.34. The Morgan fingerprint density at radius 2 is 1.85 bits per heavy atom. The zero-order valence-corrected chi connectivity index (χ0v) is 14.6. The number of aliphatic hydroxyl groups is 1. The number of rotatable bonds is 3. The van der Waals surface area contributed by atoms with Gasteiger partial charge in [0.1, 0.15) is 18.3 Å². The first kappa shape index (κ1) is 16.1. The van der Waals surface area contributed by atoms with Gasteiger partial charge in [-0.1, -0.05) is 41.9 Å². The van der Waals surface area contributed by atoms with Crippen molar-refractivity contribution in [3.05, 3.63) is 53.6 Å². The fourth-order valence-electron chi connectivity index (χ4n) is 3.74. The summed E-state index contributed by atoms with van der Waals surface area (Å²) in [7, 11) is 0. The number of hydrogen-bond donors (Lipinski definition) is 2. The molecular weight excluding hydrogens is 354 g/mol. The number of halogens is 1. The quantitative estimate of drug-likeness (QED) is 0.740. The lowest BCUT2D eigenvalue weighted by Gasteiger charge is -2.16. The third-order valence-electron chi connectivity index (χ3n) is 5.03. The topological polar surface area (TPSA) is 63.7 Å². The van der Waals surface area contributed by atoms with Crippen LogP contribution in [0.15, 0.2) is 48.5 Å². The van der Waals surface area contributed by atoms with Gasteiger partial charge in [0.15, 0.2) is 12.0 Å². The average Bonchev–Trinajstić information content (AvgIpc) is 3.32. The molecule has 0 unspecified atom stereocenters. The van der Waals surface area contributed by atoms with Crippen molar-refractivity contribution in [1.82, 2.24) is 4.98 Å². The van der Waals surface area contributed by atoms with Gasteiger partial charge < -0.3 is 24.3 Å². The molecule has 0 spiro atoms. The van der Waals surface area contributed by atoms with Gasteiger partial charge in [-0.25, -0.2) is 0 Å². The molecule has 0 radical (unpaired) electrons. The zero-order chi connectivity index (χ0) is 17.7. The number of fused-ring (bicyclic) bond motifs is 2. The third kappa shape index (κ3) is 2.68. The van der Waals surface area contributed by atoms with Crippen molar-refractivity contribution in [2.45, 2.75) is 24.4 Å². The van der Waals surface area contributed by atoms with E-state index in [1.54, 1.807) is 0 Å². The first-order valence-corrected chi connectivity index (χ1v) is 9.02. The molecule has 3 aromatic rings. The van der Waals surface area contributed by atoms with Crippen LogP contribution < -0.4 is 4.74 Å².